The number of nitrogens with zero attached hydrogens (tertiary/aromatic N) is 1. The molecule has 20 heavy (non-hydrogen) atoms. The van der Waals surface area contributed by atoms with Gasteiger partial charge in [-0.25, -0.2) is 0 Å². The molecule has 0 saturated carbocycles. The first-order valence-electron chi connectivity index (χ1n) is 5.72. The van der Waals surface area contributed by atoms with Crippen LogP contribution in [0.4, 0.5) is 5.69 Å². The fourth-order valence-corrected chi connectivity index (χ4v) is 1.56. The summed E-state index contributed by atoms with van der Waals surface area (Å²) in [7, 11) is 0. The molecule has 2 aromatic rings. The van der Waals surface area contributed by atoms with Gasteiger partial charge in [0.25, 0.3) is 11.5 Å². The SMILES string of the molecule is O=C(O)Cc1ccc(NC(=O)c2ccc[nH]c2=O)cn1. The first kappa shape index (κ1) is 13.5. The molecule has 2 rings (SSSR count). The summed E-state index contributed by atoms with van der Waals surface area (Å²) < 4.78 is 0. The van der Waals surface area contributed by atoms with Crippen molar-refractivity contribution in [1.82, 2.24) is 9.97 Å². The van der Waals surface area contributed by atoms with E-state index in [1.807, 2.05) is 0 Å². The first-order chi connectivity index (χ1) is 9.56. The van der Waals surface area contributed by atoms with Gasteiger partial charge in [-0.1, -0.05) is 0 Å². The Balaban J connectivity index is 2.11. The largest absolute Gasteiger partial charge is 0.481 e. The summed E-state index contributed by atoms with van der Waals surface area (Å²) in [6, 6.07) is 5.98. The van der Waals surface area contributed by atoms with Gasteiger partial charge in [-0.15, -0.1) is 0 Å². The Bertz CT molecular complexity index is 691. The minimum absolute atomic E-state index is 0.0119. The van der Waals surface area contributed by atoms with Crippen molar-refractivity contribution in [2.24, 2.45) is 0 Å². The smallest absolute Gasteiger partial charge is 0.309 e. The van der Waals surface area contributed by atoms with Gasteiger partial charge in [0, 0.05) is 6.20 Å². The number of hydrogen-bond acceptors (Lipinski definition) is 4. The second kappa shape index (κ2) is 5.79. The number of carbonyl (C=O) groups excluding carboxylic acids is 1. The molecule has 0 aliphatic carbocycles. The summed E-state index contributed by atoms with van der Waals surface area (Å²) in [4.78, 5) is 40.1. The second-order valence-corrected chi connectivity index (χ2v) is 3.98. The Morgan fingerprint density at radius 3 is 2.70 bits per heavy atom. The van der Waals surface area contributed by atoms with Gasteiger partial charge in [0.2, 0.25) is 0 Å². The molecule has 2 aromatic heterocycles. The Labute approximate surface area is 113 Å². The number of H-pyrrole nitrogens is 1. The third kappa shape index (κ3) is 3.29. The zero-order chi connectivity index (χ0) is 14.5. The highest BCUT2D eigenvalue weighted by molar-refractivity contribution is 6.03. The third-order valence-electron chi connectivity index (χ3n) is 2.48. The number of aromatic nitrogens is 2. The molecule has 0 unspecified atom stereocenters. The molecule has 7 nitrogen and oxygen atoms in total. The van der Waals surface area contributed by atoms with Crippen LogP contribution in [0.3, 0.4) is 0 Å². The molecule has 0 radical (unpaired) electrons. The van der Waals surface area contributed by atoms with Gasteiger partial charge in [-0.2, -0.15) is 0 Å². The van der Waals surface area contributed by atoms with Gasteiger partial charge in [0.1, 0.15) is 5.56 Å². The number of carboxylic acid groups (broad SMARTS) is 1. The van der Waals surface area contributed by atoms with Crippen LogP contribution in [-0.4, -0.2) is 27.0 Å². The molecule has 7 heteroatoms. The summed E-state index contributed by atoms with van der Waals surface area (Å²) in [5, 5.41) is 11.1. The van der Waals surface area contributed by atoms with Crippen LogP contribution >= 0.6 is 0 Å². The number of carboxylic acids is 1. The van der Waals surface area contributed by atoms with E-state index in [0.29, 0.717) is 11.4 Å². The zero-order valence-corrected chi connectivity index (χ0v) is 10.3. The van der Waals surface area contributed by atoms with Crippen molar-refractivity contribution in [3.05, 3.63) is 58.3 Å². The molecule has 2 heterocycles. The summed E-state index contributed by atoms with van der Waals surface area (Å²) in [5.74, 6) is -1.54. The van der Waals surface area contributed by atoms with Crippen molar-refractivity contribution in [2.75, 3.05) is 5.32 Å². The zero-order valence-electron chi connectivity index (χ0n) is 10.3. The molecule has 0 saturated heterocycles. The fourth-order valence-electron chi connectivity index (χ4n) is 1.56. The van der Waals surface area contributed by atoms with Crippen LogP contribution < -0.4 is 10.9 Å². The molecule has 0 bridgehead atoms. The fraction of sp³-hybridized carbons (Fsp3) is 0.0769. The monoisotopic (exact) mass is 273 g/mol. The van der Waals surface area contributed by atoms with E-state index < -0.39 is 17.4 Å². The Morgan fingerprint density at radius 1 is 1.30 bits per heavy atom. The van der Waals surface area contributed by atoms with E-state index in [1.54, 1.807) is 6.07 Å². The number of hydrogen-bond donors (Lipinski definition) is 3. The summed E-state index contributed by atoms with van der Waals surface area (Å²) in [5.41, 5.74) is 0.267. The average Bonchev–Trinajstić information content (AvgIpc) is 2.41. The van der Waals surface area contributed by atoms with Crippen LogP contribution in [0.2, 0.25) is 0 Å². The number of aromatic amines is 1. The van der Waals surface area contributed by atoms with E-state index in [1.165, 1.54) is 30.6 Å². The molecule has 0 atom stereocenters. The number of amides is 1. The molecule has 0 spiro atoms. The number of rotatable bonds is 4. The quantitative estimate of drug-likeness (QED) is 0.757. The first-order valence-corrected chi connectivity index (χ1v) is 5.72. The van der Waals surface area contributed by atoms with Crippen molar-refractivity contribution < 1.29 is 14.7 Å². The third-order valence-corrected chi connectivity index (χ3v) is 2.48. The predicted molar refractivity (Wildman–Crippen MR) is 70.6 cm³/mol. The van der Waals surface area contributed by atoms with Crippen molar-refractivity contribution in [3.8, 4) is 0 Å². The van der Waals surface area contributed by atoms with E-state index >= 15 is 0 Å². The molecule has 0 fully saturated rings. The van der Waals surface area contributed by atoms with E-state index in [9.17, 15) is 14.4 Å². The second-order valence-electron chi connectivity index (χ2n) is 3.98. The molecular formula is C13H11N3O4. The van der Waals surface area contributed by atoms with Crippen LogP contribution in [0.15, 0.2) is 41.5 Å². The Hall–Kier alpha value is -2.96. The summed E-state index contributed by atoms with van der Waals surface area (Å²) in [6.45, 7) is 0. The normalized spacial score (nSPS) is 10.0. The topological polar surface area (TPSA) is 112 Å². The molecule has 1 amide bonds. The average molecular weight is 273 g/mol. The molecule has 0 aliphatic rings. The van der Waals surface area contributed by atoms with Crippen LogP contribution in [0, 0.1) is 0 Å². The summed E-state index contributed by atoms with van der Waals surface area (Å²) >= 11 is 0. The number of nitrogens with one attached hydrogen (secondary N) is 2. The van der Waals surface area contributed by atoms with Crippen molar-refractivity contribution in [3.63, 3.8) is 0 Å². The molecule has 0 aromatic carbocycles. The van der Waals surface area contributed by atoms with E-state index in [-0.39, 0.29) is 12.0 Å². The molecule has 102 valence electrons. The van der Waals surface area contributed by atoms with Gasteiger partial charge < -0.3 is 15.4 Å². The van der Waals surface area contributed by atoms with Crippen molar-refractivity contribution in [2.45, 2.75) is 6.42 Å². The summed E-state index contributed by atoms with van der Waals surface area (Å²) in [6.07, 6.45) is 2.58. The molecular weight excluding hydrogens is 262 g/mol. The lowest BCUT2D eigenvalue weighted by Gasteiger charge is -2.04. The van der Waals surface area contributed by atoms with Crippen LogP contribution in [0.25, 0.3) is 0 Å². The minimum Gasteiger partial charge on any atom is -0.481 e. The van der Waals surface area contributed by atoms with Gasteiger partial charge >= 0.3 is 5.97 Å². The predicted octanol–water partition coefficient (Wildman–Crippen LogP) is 0.649. The highest BCUT2D eigenvalue weighted by Crippen LogP contribution is 2.08. The number of pyridine rings is 2. The number of carbonyl (C=O) groups is 2. The van der Waals surface area contributed by atoms with Crippen molar-refractivity contribution in [1.29, 1.82) is 0 Å². The van der Waals surface area contributed by atoms with E-state index in [0.717, 1.165) is 0 Å². The lowest BCUT2D eigenvalue weighted by Crippen LogP contribution is -2.22. The van der Waals surface area contributed by atoms with Gasteiger partial charge in [0.05, 0.1) is 24.0 Å². The van der Waals surface area contributed by atoms with Crippen LogP contribution in [0.5, 0.6) is 0 Å². The van der Waals surface area contributed by atoms with Crippen LogP contribution in [-0.2, 0) is 11.2 Å². The number of aliphatic carboxylic acids is 1. The maximum absolute atomic E-state index is 11.8. The van der Waals surface area contributed by atoms with Gasteiger partial charge in [-0.05, 0) is 24.3 Å². The van der Waals surface area contributed by atoms with E-state index in [2.05, 4.69) is 15.3 Å². The lowest BCUT2D eigenvalue weighted by atomic mass is 10.2. The highest BCUT2D eigenvalue weighted by atomic mass is 16.4. The number of anilines is 1. The maximum Gasteiger partial charge on any atom is 0.309 e. The standard InChI is InChI=1S/C13H11N3O4/c17-11(18)6-8-3-4-9(7-15-8)16-13(20)10-2-1-5-14-12(10)19/h1-5,7H,6H2,(H,14,19)(H,16,20)(H,17,18). The van der Waals surface area contributed by atoms with Crippen LogP contribution in [0.1, 0.15) is 16.1 Å². The van der Waals surface area contributed by atoms with Gasteiger partial charge in [0.15, 0.2) is 0 Å². The minimum atomic E-state index is -0.981. The Morgan fingerprint density at radius 2 is 2.10 bits per heavy atom. The lowest BCUT2D eigenvalue weighted by molar-refractivity contribution is -0.136. The maximum atomic E-state index is 11.8. The Kier molecular flexibility index (Phi) is 3.90. The van der Waals surface area contributed by atoms with Gasteiger partial charge in [-0.3, -0.25) is 19.4 Å². The van der Waals surface area contributed by atoms with E-state index in [4.69, 9.17) is 5.11 Å². The molecule has 0 aliphatic heterocycles. The highest BCUT2D eigenvalue weighted by Gasteiger charge is 2.10. The molecule has 3 N–H and O–H groups in total. The van der Waals surface area contributed by atoms with Crippen molar-refractivity contribution >= 4 is 17.6 Å².